The van der Waals surface area contributed by atoms with Gasteiger partial charge in [0.25, 0.3) is 0 Å². The molecule has 0 aromatic carbocycles. The van der Waals surface area contributed by atoms with Gasteiger partial charge >= 0.3 is 17.9 Å². The van der Waals surface area contributed by atoms with Gasteiger partial charge in [0.15, 0.2) is 6.10 Å². The lowest BCUT2D eigenvalue weighted by molar-refractivity contribution is -0.167. The van der Waals surface area contributed by atoms with E-state index in [-0.39, 0.29) is 31.1 Å². The SMILES string of the molecule is CCCCCCC/C=C\CCCCCCCC(=O)O[C@@H](COC(=O)CCCCCCCCC/C=C\CCCCCCCC)COC(=O)CCCCCCCCCCCCCC. The fourth-order valence-corrected chi connectivity index (χ4v) is 7.84. The molecule has 0 amide bonds. The summed E-state index contributed by atoms with van der Waals surface area (Å²) >= 11 is 0. The summed E-state index contributed by atoms with van der Waals surface area (Å²) in [4.78, 5) is 38.0. The van der Waals surface area contributed by atoms with Crippen molar-refractivity contribution in [3.05, 3.63) is 24.3 Å². The van der Waals surface area contributed by atoms with Gasteiger partial charge in [0.2, 0.25) is 0 Å². The van der Waals surface area contributed by atoms with Crippen molar-refractivity contribution in [2.24, 2.45) is 0 Å². The maximum absolute atomic E-state index is 12.8. The normalized spacial score (nSPS) is 12.1. The van der Waals surface area contributed by atoms with Crippen LogP contribution in [0.25, 0.3) is 0 Å². The minimum atomic E-state index is -0.772. The Bertz CT molecular complexity index is 989. The van der Waals surface area contributed by atoms with Gasteiger partial charge in [0.05, 0.1) is 0 Å². The van der Waals surface area contributed by atoms with Crippen molar-refractivity contribution in [3.8, 4) is 0 Å². The van der Waals surface area contributed by atoms with Gasteiger partial charge in [-0.3, -0.25) is 14.4 Å². The Hall–Kier alpha value is -2.11. The molecule has 0 spiro atoms. The first-order chi connectivity index (χ1) is 30.0. The van der Waals surface area contributed by atoms with Crippen molar-refractivity contribution in [2.75, 3.05) is 13.2 Å². The number of ether oxygens (including phenoxy) is 3. The molecule has 0 fully saturated rings. The minimum Gasteiger partial charge on any atom is -0.462 e. The van der Waals surface area contributed by atoms with Crippen molar-refractivity contribution in [2.45, 2.75) is 297 Å². The average molecular weight is 859 g/mol. The van der Waals surface area contributed by atoms with Gasteiger partial charge in [-0.2, -0.15) is 0 Å². The minimum absolute atomic E-state index is 0.0721. The molecule has 0 unspecified atom stereocenters. The smallest absolute Gasteiger partial charge is 0.306 e. The van der Waals surface area contributed by atoms with Crippen LogP contribution in [0.4, 0.5) is 0 Å². The molecule has 0 aromatic rings. The van der Waals surface area contributed by atoms with Crippen LogP contribution in [-0.2, 0) is 28.6 Å². The second kappa shape index (κ2) is 50.5. The van der Waals surface area contributed by atoms with Crippen LogP contribution in [0.1, 0.15) is 290 Å². The Morgan fingerprint density at radius 2 is 0.541 bits per heavy atom. The molecule has 61 heavy (non-hydrogen) atoms. The van der Waals surface area contributed by atoms with E-state index in [1.807, 2.05) is 0 Å². The number of esters is 3. The van der Waals surface area contributed by atoms with E-state index in [1.54, 1.807) is 0 Å². The molecule has 0 rings (SSSR count). The van der Waals surface area contributed by atoms with Crippen molar-refractivity contribution < 1.29 is 28.6 Å². The first-order valence-corrected chi connectivity index (χ1v) is 26.8. The third-order valence-electron chi connectivity index (χ3n) is 11.9. The molecule has 6 nitrogen and oxygen atoms in total. The summed E-state index contributed by atoms with van der Waals surface area (Å²) in [5, 5.41) is 0. The summed E-state index contributed by atoms with van der Waals surface area (Å²) in [6.45, 7) is 6.64. The van der Waals surface area contributed by atoms with E-state index in [0.717, 1.165) is 64.2 Å². The summed E-state index contributed by atoms with van der Waals surface area (Å²) < 4.78 is 16.8. The molecule has 0 saturated carbocycles. The topological polar surface area (TPSA) is 78.9 Å². The lowest BCUT2D eigenvalue weighted by atomic mass is 10.0. The molecule has 0 aliphatic heterocycles. The lowest BCUT2D eigenvalue weighted by Gasteiger charge is -2.18. The first kappa shape index (κ1) is 58.9. The number of carbonyl (C=O) groups excluding carboxylic acids is 3. The van der Waals surface area contributed by atoms with E-state index in [9.17, 15) is 14.4 Å². The van der Waals surface area contributed by atoms with Crippen LogP contribution in [0, 0.1) is 0 Å². The fourth-order valence-electron chi connectivity index (χ4n) is 7.84. The van der Waals surface area contributed by atoms with Crippen LogP contribution in [0.15, 0.2) is 24.3 Å². The highest BCUT2D eigenvalue weighted by Gasteiger charge is 2.19. The largest absolute Gasteiger partial charge is 0.462 e. The third-order valence-corrected chi connectivity index (χ3v) is 11.9. The lowest BCUT2D eigenvalue weighted by Crippen LogP contribution is -2.30. The van der Waals surface area contributed by atoms with Gasteiger partial charge in [-0.25, -0.2) is 0 Å². The van der Waals surface area contributed by atoms with Crippen LogP contribution in [0.3, 0.4) is 0 Å². The highest BCUT2D eigenvalue weighted by Crippen LogP contribution is 2.15. The number of hydrogen-bond donors (Lipinski definition) is 0. The Morgan fingerprint density at radius 3 is 0.820 bits per heavy atom. The van der Waals surface area contributed by atoms with Crippen LogP contribution >= 0.6 is 0 Å². The summed E-state index contributed by atoms with van der Waals surface area (Å²) in [6, 6.07) is 0. The highest BCUT2D eigenvalue weighted by atomic mass is 16.6. The molecule has 0 aliphatic carbocycles. The van der Waals surface area contributed by atoms with Crippen molar-refractivity contribution in [1.29, 1.82) is 0 Å². The molecule has 0 aliphatic rings. The molecule has 1 atom stereocenters. The van der Waals surface area contributed by atoms with E-state index in [1.165, 1.54) is 186 Å². The molecule has 0 heterocycles. The zero-order valence-electron chi connectivity index (χ0n) is 40.9. The maximum Gasteiger partial charge on any atom is 0.306 e. The van der Waals surface area contributed by atoms with Crippen LogP contribution < -0.4 is 0 Å². The number of carbonyl (C=O) groups is 3. The monoisotopic (exact) mass is 859 g/mol. The summed E-state index contributed by atoms with van der Waals surface area (Å²) in [7, 11) is 0. The van der Waals surface area contributed by atoms with Gasteiger partial charge < -0.3 is 14.2 Å². The van der Waals surface area contributed by atoms with E-state index in [0.29, 0.717) is 19.3 Å². The zero-order chi connectivity index (χ0) is 44.4. The highest BCUT2D eigenvalue weighted by molar-refractivity contribution is 5.71. The standard InChI is InChI=1S/C55H102O6/c1-4-7-10-13-16-19-22-25-27-28-29-31-33-36-39-42-45-48-54(57)60-51-52(50-59-53(56)47-44-41-38-35-32-24-21-18-15-12-9-6-3)61-55(58)49-46-43-40-37-34-30-26-23-20-17-14-11-8-5-2/h23,25-27,52H,4-22,24,28-51H2,1-3H3/b26-23-,27-25-/t52-/m1/s1. The molecule has 358 valence electrons. The van der Waals surface area contributed by atoms with Gasteiger partial charge in [0, 0.05) is 19.3 Å². The number of rotatable bonds is 49. The van der Waals surface area contributed by atoms with Gasteiger partial charge in [-0.05, 0) is 70.6 Å². The van der Waals surface area contributed by atoms with E-state index in [2.05, 4.69) is 45.1 Å². The molecule has 0 saturated heterocycles. The zero-order valence-corrected chi connectivity index (χ0v) is 40.9. The van der Waals surface area contributed by atoms with Gasteiger partial charge in [0.1, 0.15) is 13.2 Å². The second-order valence-electron chi connectivity index (χ2n) is 18.1. The Morgan fingerprint density at radius 1 is 0.311 bits per heavy atom. The Kier molecular flexibility index (Phi) is 48.8. The number of unbranched alkanes of at least 4 members (excludes halogenated alkanes) is 34. The molecular weight excluding hydrogens is 757 g/mol. The molecule has 0 N–H and O–H groups in total. The molecular formula is C55H102O6. The van der Waals surface area contributed by atoms with Gasteiger partial charge in [-0.1, -0.05) is 225 Å². The van der Waals surface area contributed by atoms with E-state index in [4.69, 9.17) is 14.2 Å². The quantitative estimate of drug-likeness (QED) is 0.0262. The molecule has 0 bridgehead atoms. The Balaban J connectivity index is 4.34. The summed E-state index contributed by atoms with van der Waals surface area (Å²) in [6.07, 6.45) is 57.3. The number of allylic oxidation sites excluding steroid dienone is 4. The summed E-state index contributed by atoms with van der Waals surface area (Å²) in [5.41, 5.74) is 0. The van der Waals surface area contributed by atoms with E-state index < -0.39 is 6.10 Å². The fraction of sp³-hybridized carbons (Fsp3) is 0.873. The van der Waals surface area contributed by atoms with Crippen LogP contribution in [0.5, 0.6) is 0 Å². The first-order valence-electron chi connectivity index (χ1n) is 26.8. The van der Waals surface area contributed by atoms with Crippen molar-refractivity contribution in [3.63, 3.8) is 0 Å². The summed E-state index contributed by atoms with van der Waals surface area (Å²) in [5.74, 6) is -0.871. The van der Waals surface area contributed by atoms with Crippen LogP contribution in [0.2, 0.25) is 0 Å². The maximum atomic E-state index is 12.8. The van der Waals surface area contributed by atoms with Crippen molar-refractivity contribution in [1.82, 2.24) is 0 Å². The second-order valence-corrected chi connectivity index (χ2v) is 18.1. The molecule has 0 radical (unpaired) electrons. The predicted molar refractivity (Wildman–Crippen MR) is 261 cm³/mol. The average Bonchev–Trinajstić information content (AvgIpc) is 3.26. The van der Waals surface area contributed by atoms with Crippen LogP contribution in [-0.4, -0.2) is 37.2 Å². The van der Waals surface area contributed by atoms with E-state index >= 15 is 0 Å². The Labute approximate surface area is 379 Å². The molecule has 0 aromatic heterocycles. The van der Waals surface area contributed by atoms with Gasteiger partial charge in [-0.15, -0.1) is 0 Å². The molecule has 6 heteroatoms. The predicted octanol–water partition coefficient (Wildman–Crippen LogP) is 17.5. The third kappa shape index (κ3) is 48.8. The number of hydrogen-bond acceptors (Lipinski definition) is 6. The van der Waals surface area contributed by atoms with Crippen molar-refractivity contribution >= 4 is 17.9 Å².